The van der Waals surface area contributed by atoms with E-state index in [1.807, 2.05) is 101 Å². The monoisotopic (exact) mass is 871 g/mol. The van der Waals surface area contributed by atoms with E-state index >= 15 is 0 Å². The molecule has 0 aliphatic rings. The second-order valence-electron chi connectivity index (χ2n) is 17.7. The molecule has 0 N–H and O–H groups in total. The third kappa shape index (κ3) is 14.1. The third-order valence-electron chi connectivity index (χ3n) is 10.7. The number of nitrogens with zero attached hydrogens (tertiary/aromatic N) is 10. The van der Waals surface area contributed by atoms with Crippen LogP contribution in [-0.2, 0) is 0 Å². The highest BCUT2D eigenvalue weighted by atomic mass is 15.3. The predicted molar refractivity (Wildman–Crippen MR) is 274 cm³/mol. The molecule has 0 aliphatic carbocycles. The van der Waals surface area contributed by atoms with Crippen molar-refractivity contribution < 1.29 is 0 Å². The summed E-state index contributed by atoms with van der Waals surface area (Å²) in [6.07, 6.45) is 17.3. The molecule has 0 amide bonds. The maximum Gasteiger partial charge on any atom is 0.0960 e. The van der Waals surface area contributed by atoms with Gasteiger partial charge < -0.3 is 13.7 Å². The van der Waals surface area contributed by atoms with E-state index in [-0.39, 0.29) is 0 Å². The highest BCUT2D eigenvalue weighted by Gasteiger charge is 2.05. The van der Waals surface area contributed by atoms with Gasteiger partial charge in [0.15, 0.2) is 0 Å². The van der Waals surface area contributed by atoms with Crippen molar-refractivity contribution in [2.75, 3.05) is 0 Å². The van der Waals surface area contributed by atoms with Crippen LogP contribution in [0.2, 0.25) is 0 Å². The highest BCUT2D eigenvalue weighted by Crippen LogP contribution is 2.21. The van der Waals surface area contributed by atoms with Crippen molar-refractivity contribution in [1.29, 1.82) is 0 Å². The first kappa shape index (κ1) is 49.2. The smallest absolute Gasteiger partial charge is 0.0960 e. The Labute approximate surface area is 386 Å². The minimum absolute atomic E-state index is 0.435. The second kappa shape index (κ2) is 24.3. The van der Waals surface area contributed by atoms with Gasteiger partial charge in [-0.05, 0) is 135 Å². The predicted octanol–water partition coefficient (Wildman–Crippen LogP) is 14.7. The number of rotatable bonds is 6. The van der Waals surface area contributed by atoms with Crippen LogP contribution < -0.4 is 0 Å². The maximum atomic E-state index is 4.40. The molecular formula is C55H70N10. The molecule has 0 radical (unpaired) electrons. The van der Waals surface area contributed by atoms with Crippen LogP contribution in [0.25, 0.3) is 43.7 Å². The second-order valence-corrected chi connectivity index (χ2v) is 17.7. The van der Waals surface area contributed by atoms with Gasteiger partial charge in [-0.2, -0.15) is 10.2 Å². The molecular weight excluding hydrogens is 801 g/mol. The van der Waals surface area contributed by atoms with Crippen molar-refractivity contribution in [1.82, 2.24) is 48.2 Å². The zero-order chi connectivity index (χ0) is 46.9. The van der Waals surface area contributed by atoms with E-state index < -0.39 is 0 Å². The lowest BCUT2D eigenvalue weighted by molar-refractivity contribution is 0.532. The molecule has 0 bridgehead atoms. The molecule has 0 saturated heterocycles. The van der Waals surface area contributed by atoms with Crippen molar-refractivity contribution >= 4 is 43.7 Å². The van der Waals surface area contributed by atoms with Crippen LogP contribution in [0, 0.1) is 0 Å². The van der Waals surface area contributed by atoms with E-state index in [9.17, 15) is 0 Å². The molecule has 6 heterocycles. The lowest BCUT2D eigenvalue weighted by Crippen LogP contribution is -2.01. The maximum absolute atomic E-state index is 4.40. The fraction of sp³-hybridized carbons (Fsp3) is 0.327. The normalized spacial score (nSPS) is 11.0. The lowest BCUT2D eigenvalue weighted by Gasteiger charge is -2.08. The summed E-state index contributed by atoms with van der Waals surface area (Å²) in [4.78, 5) is 12.6. The van der Waals surface area contributed by atoms with E-state index in [1.54, 1.807) is 12.4 Å². The van der Waals surface area contributed by atoms with Crippen LogP contribution in [-0.4, -0.2) is 48.2 Å². The quantitative estimate of drug-likeness (QED) is 0.166. The van der Waals surface area contributed by atoms with Crippen LogP contribution >= 0.6 is 0 Å². The van der Waals surface area contributed by atoms with Crippen molar-refractivity contribution in [2.24, 2.45) is 0 Å². The number of benzene rings is 4. The molecule has 0 spiro atoms. The molecule has 4 aromatic carbocycles. The molecule has 10 heteroatoms. The summed E-state index contributed by atoms with van der Waals surface area (Å²) >= 11 is 0. The van der Waals surface area contributed by atoms with Crippen molar-refractivity contribution in [3.63, 3.8) is 0 Å². The Hall–Kier alpha value is -6.81. The molecule has 0 fully saturated rings. The molecule has 10 nitrogen and oxygen atoms in total. The van der Waals surface area contributed by atoms with Crippen LogP contribution in [0.15, 0.2) is 171 Å². The van der Waals surface area contributed by atoms with Gasteiger partial charge in [0, 0.05) is 83.7 Å². The Bertz CT molecular complexity index is 2630. The van der Waals surface area contributed by atoms with Gasteiger partial charge in [-0.25, -0.2) is 9.97 Å². The fourth-order valence-corrected chi connectivity index (χ4v) is 6.91. The van der Waals surface area contributed by atoms with Gasteiger partial charge in [0.05, 0.1) is 40.9 Å². The first-order valence-corrected chi connectivity index (χ1v) is 23.0. The molecule has 0 saturated carbocycles. The van der Waals surface area contributed by atoms with Gasteiger partial charge in [-0.1, -0.05) is 80.6 Å². The van der Waals surface area contributed by atoms with E-state index in [0.717, 1.165) is 11.0 Å². The van der Waals surface area contributed by atoms with Gasteiger partial charge >= 0.3 is 0 Å². The van der Waals surface area contributed by atoms with Crippen molar-refractivity contribution in [3.05, 3.63) is 177 Å². The Morgan fingerprint density at radius 2 is 1.03 bits per heavy atom. The average Bonchev–Trinajstić information content (AvgIpc) is 4.16. The lowest BCUT2D eigenvalue weighted by atomic mass is 10.0. The van der Waals surface area contributed by atoms with Gasteiger partial charge in [0.2, 0.25) is 0 Å². The number of hydrogen-bond acceptors (Lipinski definition) is 5. The molecule has 0 aliphatic heterocycles. The first-order chi connectivity index (χ1) is 31.2. The average molecular weight is 871 g/mol. The number of para-hydroxylation sites is 5. The molecule has 65 heavy (non-hydrogen) atoms. The Kier molecular flexibility index (Phi) is 18.4. The summed E-state index contributed by atoms with van der Waals surface area (Å²) < 4.78 is 10.5. The number of imidazole rings is 2. The summed E-state index contributed by atoms with van der Waals surface area (Å²) in [5, 5.41) is 12.1. The number of pyridine rings is 1. The fourth-order valence-electron chi connectivity index (χ4n) is 6.91. The van der Waals surface area contributed by atoms with Gasteiger partial charge in [0.1, 0.15) is 0 Å². The van der Waals surface area contributed by atoms with Crippen LogP contribution in [0.4, 0.5) is 0 Å². The number of hydrogen-bond donors (Lipinski definition) is 0. The Balaban J connectivity index is 0.000000148. The van der Waals surface area contributed by atoms with E-state index in [4.69, 9.17) is 0 Å². The first-order valence-electron chi connectivity index (χ1n) is 23.0. The Morgan fingerprint density at radius 1 is 0.415 bits per heavy atom. The topological polar surface area (TPSA) is 89.1 Å². The highest BCUT2D eigenvalue weighted by molar-refractivity contribution is 5.80. The van der Waals surface area contributed by atoms with Gasteiger partial charge in [0.25, 0.3) is 0 Å². The molecule has 6 aromatic heterocycles. The SMILES string of the molecule is CC(C)c1cnc2ccccc2c1.CC(C)n1ccc2ccccc21.CC(C)n1cccn1.CC(C)n1ccnc1.CC(C)n1cnc2ccccc21.CC(C)n1ncc2ccccc21. The van der Waals surface area contributed by atoms with E-state index in [1.165, 1.54) is 38.3 Å². The zero-order valence-corrected chi connectivity index (χ0v) is 40.6. The molecule has 0 atom stereocenters. The largest absolute Gasteiger partial charge is 0.345 e. The molecule has 0 unspecified atom stereocenters. The van der Waals surface area contributed by atoms with E-state index in [0.29, 0.717) is 36.1 Å². The Morgan fingerprint density at radius 3 is 1.58 bits per heavy atom. The van der Waals surface area contributed by atoms with Gasteiger partial charge in [-0.3, -0.25) is 14.3 Å². The summed E-state index contributed by atoms with van der Waals surface area (Å²) in [5.41, 5.74) is 7.21. The van der Waals surface area contributed by atoms with Crippen LogP contribution in [0.1, 0.15) is 125 Å². The number of aromatic nitrogens is 10. The van der Waals surface area contributed by atoms with Gasteiger partial charge in [-0.15, -0.1) is 0 Å². The van der Waals surface area contributed by atoms with Crippen LogP contribution in [0.3, 0.4) is 0 Å². The minimum Gasteiger partial charge on any atom is -0.345 e. The molecule has 340 valence electrons. The molecule has 10 rings (SSSR count). The molecule has 10 aromatic rings. The summed E-state index contributed by atoms with van der Waals surface area (Å²) in [6, 6.07) is 41.9. The van der Waals surface area contributed by atoms with Crippen molar-refractivity contribution in [3.8, 4) is 0 Å². The van der Waals surface area contributed by atoms with Crippen molar-refractivity contribution in [2.45, 2.75) is 119 Å². The van der Waals surface area contributed by atoms with Crippen LogP contribution in [0.5, 0.6) is 0 Å². The zero-order valence-electron chi connectivity index (χ0n) is 40.6. The van der Waals surface area contributed by atoms with E-state index in [2.05, 4.69) is 189 Å². The summed E-state index contributed by atoms with van der Waals surface area (Å²) in [7, 11) is 0. The minimum atomic E-state index is 0.435. The third-order valence-corrected chi connectivity index (χ3v) is 10.7. The standard InChI is InChI=1S/C12H13N.C11H13N.2C10H12N2.2C6H10N2/c1-9(2)11-7-10-5-3-4-6-12(10)13-8-11;1-9(2)12-8-7-10-5-3-4-6-11(10)12;1-8(2)12-7-11-9-5-3-4-6-10(9)12;1-8(2)12-10-6-4-3-5-9(10)7-11-12;1-6(2)8-4-3-7-5-8;1-6(2)8-5-3-4-7-8/h3-9H,1-2H3;3-9H,1-2H3;2*3-8H,1-2H3;2*3-6H,1-2H3. The number of fused-ring (bicyclic) bond motifs is 4. The summed E-state index contributed by atoms with van der Waals surface area (Å²) in [6.45, 7) is 25.8. The summed E-state index contributed by atoms with van der Waals surface area (Å²) in [5.74, 6) is 0.553.